The molecular weight excluding hydrogens is 371 g/mol. The molecule has 16 heavy (non-hydrogen) atoms. The van der Waals surface area contributed by atoms with Gasteiger partial charge in [0.15, 0.2) is 0 Å². The lowest BCUT2D eigenvalue weighted by molar-refractivity contribution is 1.13. The van der Waals surface area contributed by atoms with Crippen LogP contribution in [0.2, 0.25) is 0 Å². The first-order valence-corrected chi connectivity index (χ1v) is 7.63. The third-order valence-electron chi connectivity index (χ3n) is 2.39. The molecule has 1 heterocycles. The van der Waals surface area contributed by atoms with Gasteiger partial charge in [-0.25, -0.2) is 0 Å². The van der Waals surface area contributed by atoms with Crippen LogP contribution in [-0.4, -0.2) is 0 Å². The summed E-state index contributed by atoms with van der Waals surface area (Å²) in [4.78, 5) is 1.16. The minimum atomic E-state index is -0.0909. The fourth-order valence-corrected chi connectivity index (χ4v) is 4.12. The van der Waals surface area contributed by atoms with Crippen molar-refractivity contribution in [1.82, 2.24) is 0 Å². The van der Waals surface area contributed by atoms with Crippen LogP contribution in [0.15, 0.2) is 38.6 Å². The average Bonchev–Trinajstić information content (AvgIpc) is 2.67. The van der Waals surface area contributed by atoms with Crippen molar-refractivity contribution < 1.29 is 0 Å². The molecule has 0 aliphatic carbocycles. The van der Waals surface area contributed by atoms with E-state index in [2.05, 4.69) is 50.9 Å². The van der Waals surface area contributed by atoms with E-state index in [-0.39, 0.29) is 5.38 Å². The maximum Gasteiger partial charge on any atom is 0.0942 e. The standard InChI is InChI=1S/C12H9Br2ClS/c1-7-2-3-8(13)6-9(7)11(15)12-10(14)4-5-16-12/h2-6,11H,1H3. The number of aryl methyl sites for hydroxylation is 1. The maximum atomic E-state index is 6.52. The van der Waals surface area contributed by atoms with Crippen molar-refractivity contribution >= 4 is 54.8 Å². The van der Waals surface area contributed by atoms with Crippen molar-refractivity contribution in [1.29, 1.82) is 0 Å². The normalized spacial score (nSPS) is 12.8. The summed E-state index contributed by atoms with van der Waals surface area (Å²) in [5.74, 6) is 0. The minimum absolute atomic E-state index is 0.0909. The second kappa shape index (κ2) is 5.21. The molecule has 0 saturated carbocycles. The molecule has 1 atom stereocenters. The third-order valence-corrected chi connectivity index (χ3v) is 5.40. The van der Waals surface area contributed by atoms with Gasteiger partial charge in [0, 0.05) is 13.8 Å². The van der Waals surface area contributed by atoms with Gasteiger partial charge in [0.05, 0.1) is 5.38 Å². The molecule has 0 nitrogen and oxygen atoms in total. The lowest BCUT2D eigenvalue weighted by Gasteiger charge is -2.12. The zero-order valence-electron chi connectivity index (χ0n) is 8.51. The Hall–Kier alpha value is 0.170. The maximum absolute atomic E-state index is 6.52. The fourth-order valence-electron chi connectivity index (χ4n) is 1.51. The summed E-state index contributed by atoms with van der Waals surface area (Å²) in [6.45, 7) is 2.08. The Labute approximate surface area is 121 Å². The van der Waals surface area contributed by atoms with Crippen molar-refractivity contribution in [3.63, 3.8) is 0 Å². The summed E-state index contributed by atoms with van der Waals surface area (Å²) in [6.07, 6.45) is 0. The summed E-state index contributed by atoms with van der Waals surface area (Å²) >= 11 is 15.2. The molecule has 0 N–H and O–H groups in total. The van der Waals surface area contributed by atoms with Gasteiger partial charge in [-0.2, -0.15) is 0 Å². The van der Waals surface area contributed by atoms with E-state index in [0.717, 1.165) is 19.4 Å². The topological polar surface area (TPSA) is 0 Å². The van der Waals surface area contributed by atoms with E-state index in [0.29, 0.717) is 0 Å². The zero-order chi connectivity index (χ0) is 11.7. The number of rotatable bonds is 2. The Morgan fingerprint density at radius 3 is 2.62 bits per heavy atom. The highest BCUT2D eigenvalue weighted by Gasteiger charge is 2.17. The molecule has 84 valence electrons. The molecule has 0 aliphatic heterocycles. The van der Waals surface area contributed by atoms with Gasteiger partial charge >= 0.3 is 0 Å². The highest BCUT2D eigenvalue weighted by atomic mass is 79.9. The molecule has 2 aromatic rings. The summed E-state index contributed by atoms with van der Waals surface area (Å²) < 4.78 is 2.14. The van der Waals surface area contributed by atoms with E-state index < -0.39 is 0 Å². The molecular formula is C12H9Br2ClS. The second-order valence-corrected chi connectivity index (χ2v) is 6.65. The number of hydrogen-bond acceptors (Lipinski definition) is 1. The van der Waals surface area contributed by atoms with E-state index in [4.69, 9.17) is 11.6 Å². The molecule has 1 unspecified atom stereocenters. The number of hydrogen-bond donors (Lipinski definition) is 0. The Morgan fingerprint density at radius 1 is 1.25 bits per heavy atom. The molecule has 0 spiro atoms. The molecule has 2 rings (SSSR count). The van der Waals surface area contributed by atoms with E-state index >= 15 is 0 Å². The Morgan fingerprint density at radius 2 is 2.00 bits per heavy atom. The van der Waals surface area contributed by atoms with E-state index in [1.807, 2.05) is 17.5 Å². The molecule has 0 saturated heterocycles. The lowest BCUT2D eigenvalue weighted by atomic mass is 10.0. The molecule has 4 heteroatoms. The molecule has 0 radical (unpaired) electrons. The van der Waals surface area contributed by atoms with Crippen LogP contribution in [0.3, 0.4) is 0 Å². The van der Waals surface area contributed by atoms with Crippen molar-refractivity contribution in [2.45, 2.75) is 12.3 Å². The first-order valence-electron chi connectivity index (χ1n) is 4.72. The van der Waals surface area contributed by atoms with Crippen LogP contribution in [0.4, 0.5) is 0 Å². The number of alkyl halides is 1. The Bertz CT molecular complexity index is 507. The lowest BCUT2D eigenvalue weighted by Crippen LogP contribution is -1.94. The molecule has 1 aromatic carbocycles. The molecule has 1 aromatic heterocycles. The zero-order valence-corrected chi connectivity index (χ0v) is 13.3. The van der Waals surface area contributed by atoms with Gasteiger partial charge in [-0.3, -0.25) is 0 Å². The fraction of sp³-hybridized carbons (Fsp3) is 0.167. The van der Waals surface area contributed by atoms with Gasteiger partial charge in [0.2, 0.25) is 0 Å². The summed E-state index contributed by atoms with van der Waals surface area (Å²) in [7, 11) is 0. The van der Waals surface area contributed by atoms with Gasteiger partial charge in [-0.05, 0) is 57.6 Å². The van der Waals surface area contributed by atoms with Crippen LogP contribution in [0.25, 0.3) is 0 Å². The molecule has 0 amide bonds. The highest BCUT2D eigenvalue weighted by molar-refractivity contribution is 9.10. The van der Waals surface area contributed by atoms with Crippen LogP contribution in [0, 0.1) is 6.92 Å². The van der Waals surface area contributed by atoms with Crippen LogP contribution >= 0.6 is 54.8 Å². The number of benzene rings is 1. The van der Waals surface area contributed by atoms with Crippen LogP contribution in [0.5, 0.6) is 0 Å². The SMILES string of the molecule is Cc1ccc(Br)cc1C(Cl)c1sccc1Br. The van der Waals surface area contributed by atoms with Gasteiger partial charge in [-0.1, -0.05) is 22.0 Å². The van der Waals surface area contributed by atoms with Crippen molar-refractivity contribution in [2.24, 2.45) is 0 Å². The molecule has 0 aliphatic rings. The van der Waals surface area contributed by atoms with Crippen molar-refractivity contribution in [3.05, 3.63) is 54.6 Å². The van der Waals surface area contributed by atoms with Crippen LogP contribution in [-0.2, 0) is 0 Å². The largest absolute Gasteiger partial charge is 0.146 e. The van der Waals surface area contributed by atoms with E-state index in [1.165, 1.54) is 5.56 Å². The molecule has 0 fully saturated rings. The van der Waals surface area contributed by atoms with Gasteiger partial charge < -0.3 is 0 Å². The predicted molar refractivity (Wildman–Crippen MR) is 78.6 cm³/mol. The second-order valence-electron chi connectivity index (χ2n) is 3.50. The number of thiophene rings is 1. The predicted octanol–water partition coefficient (Wildman–Crippen LogP) is 5.91. The van der Waals surface area contributed by atoms with Gasteiger partial charge in [0.25, 0.3) is 0 Å². The highest BCUT2D eigenvalue weighted by Crippen LogP contribution is 2.39. The van der Waals surface area contributed by atoms with Crippen LogP contribution < -0.4 is 0 Å². The minimum Gasteiger partial charge on any atom is -0.146 e. The van der Waals surface area contributed by atoms with Crippen molar-refractivity contribution in [3.8, 4) is 0 Å². The summed E-state index contributed by atoms with van der Waals surface area (Å²) in [5, 5.41) is 1.95. The van der Waals surface area contributed by atoms with Gasteiger partial charge in [-0.15, -0.1) is 22.9 Å². The van der Waals surface area contributed by atoms with Gasteiger partial charge in [0.1, 0.15) is 0 Å². The Kier molecular flexibility index (Phi) is 4.11. The van der Waals surface area contributed by atoms with Crippen LogP contribution in [0.1, 0.15) is 21.4 Å². The quantitative estimate of drug-likeness (QED) is 0.568. The smallest absolute Gasteiger partial charge is 0.0942 e. The first-order chi connectivity index (χ1) is 7.59. The number of halogens is 3. The summed E-state index contributed by atoms with van der Waals surface area (Å²) in [6, 6.07) is 8.23. The summed E-state index contributed by atoms with van der Waals surface area (Å²) in [5.41, 5.74) is 2.36. The van der Waals surface area contributed by atoms with Crippen molar-refractivity contribution in [2.75, 3.05) is 0 Å². The van der Waals surface area contributed by atoms with E-state index in [9.17, 15) is 0 Å². The van der Waals surface area contributed by atoms with E-state index in [1.54, 1.807) is 11.3 Å². The first kappa shape index (κ1) is 12.6. The average molecular weight is 381 g/mol. The monoisotopic (exact) mass is 378 g/mol. The third kappa shape index (κ3) is 2.53. The Balaban J connectivity index is 2.45. The molecule has 0 bridgehead atoms.